The summed E-state index contributed by atoms with van der Waals surface area (Å²) in [4.78, 5) is 5.30. The van der Waals surface area contributed by atoms with Crippen molar-refractivity contribution in [2.45, 2.75) is 19.4 Å². The van der Waals surface area contributed by atoms with Gasteiger partial charge in [0.05, 0.1) is 23.1 Å². The van der Waals surface area contributed by atoms with Crippen LogP contribution in [-0.2, 0) is 5.60 Å². The van der Waals surface area contributed by atoms with Crippen LogP contribution in [0.2, 0.25) is 5.02 Å². The van der Waals surface area contributed by atoms with E-state index in [-0.39, 0.29) is 0 Å². The lowest BCUT2D eigenvalue weighted by Gasteiger charge is -2.12. The summed E-state index contributed by atoms with van der Waals surface area (Å²) >= 11 is 5.98. The van der Waals surface area contributed by atoms with E-state index in [9.17, 15) is 5.11 Å². The van der Waals surface area contributed by atoms with E-state index >= 15 is 0 Å². The number of nitrogens with zero attached hydrogens (tertiary/aromatic N) is 4. The predicted molar refractivity (Wildman–Crippen MR) is 63.8 cm³/mol. The van der Waals surface area contributed by atoms with Gasteiger partial charge in [0.25, 0.3) is 0 Å². The second-order valence-corrected chi connectivity index (χ2v) is 4.56. The molecule has 0 aliphatic heterocycles. The number of nitrogen functional groups attached to an aromatic ring is 1. The highest BCUT2D eigenvalue weighted by atomic mass is 35.5. The molecule has 90 valence electrons. The summed E-state index contributed by atoms with van der Waals surface area (Å²) in [6.07, 6.45) is 2.93. The molecule has 2 rings (SSSR count). The van der Waals surface area contributed by atoms with Gasteiger partial charge in [0.15, 0.2) is 5.82 Å². The fourth-order valence-corrected chi connectivity index (χ4v) is 1.49. The zero-order valence-electron chi connectivity index (χ0n) is 9.42. The first kappa shape index (κ1) is 11.8. The van der Waals surface area contributed by atoms with E-state index < -0.39 is 5.60 Å². The fourth-order valence-electron chi connectivity index (χ4n) is 1.24. The molecule has 17 heavy (non-hydrogen) atoms. The Morgan fingerprint density at radius 3 is 2.65 bits per heavy atom. The first-order valence-corrected chi connectivity index (χ1v) is 5.32. The number of aliphatic hydroxyl groups is 1. The maximum absolute atomic E-state index is 9.77. The molecule has 0 fully saturated rings. The maximum Gasteiger partial charge on any atom is 0.193 e. The summed E-state index contributed by atoms with van der Waals surface area (Å²) in [6.45, 7) is 3.25. The smallest absolute Gasteiger partial charge is 0.193 e. The van der Waals surface area contributed by atoms with E-state index in [2.05, 4.69) is 15.2 Å². The van der Waals surface area contributed by atoms with E-state index in [4.69, 9.17) is 17.3 Å². The molecule has 0 spiro atoms. The molecular formula is C10H12ClN5O. The van der Waals surface area contributed by atoms with Crippen LogP contribution >= 0.6 is 11.6 Å². The van der Waals surface area contributed by atoms with Crippen LogP contribution in [-0.4, -0.2) is 25.1 Å². The van der Waals surface area contributed by atoms with E-state index in [1.165, 1.54) is 17.2 Å². The quantitative estimate of drug-likeness (QED) is 0.837. The highest BCUT2D eigenvalue weighted by Gasteiger charge is 2.21. The molecule has 3 N–H and O–H groups in total. The Kier molecular flexibility index (Phi) is 2.76. The van der Waals surface area contributed by atoms with Crippen LogP contribution in [0, 0.1) is 0 Å². The number of hydrogen-bond donors (Lipinski definition) is 2. The van der Waals surface area contributed by atoms with Crippen molar-refractivity contribution in [2.75, 3.05) is 5.73 Å². The minimum Gasteiger partial charge on any atom is -0.397 e. The first-order valence-electron chi connectivity index (χ1n) is 4.94. The van der Waals surface area contributed by atoms with Gasteiger partial charge in [-0.2, -0.15) is 5.10 Å². The van der Waals surface area contributed by atoms with Crippen LogP contribution in [0.5, 0.6) is 0 Å². The Morgan fingerprint density at radius 1 is 1.41 bits per heavy atom. The van der Waals surface area contributed by atoms with Gasteiger partial charge in [0.2, 0.25) is 0 Å². The van der Waals surface area contributed by atoms with Crippen LogP contribution in [0.15, 0.2) is 18.5 Å². The molecular weight excluding hydrogens is 242 g/mol. The van der Waals surface area contributed by atoms with Gasteiger partial charge in [-0.3, -0.25) is 0 Å². The van der Waals surface area contributed by atoms with Gasteiger partial charge in [-0.15, -0.1) is 9.90 Å². The molecule has 2 heterocycles. The number of pyridine rings is 1. The van der Waals surface area contributed by atoms with E-state index in [1.807, 2.05) is 0 Å². The van der Waals surface area contributed by atoms with Crippen molar-refractivity contribution in [1.29, 1.82) is 0 Å². The van der Waals surface area contributed by atoms with Crippen LogP contribution in [0.4, 0.5) is 5.69 Å². The number of rotatable bonds is 2. The number of halogens is 1. The molecule has 2 aromatic heterocycles. The summed E-state index contributed by atoms with van der Waals surface area (Å²) in [5, 5.41) is 18.2. The maximum atomic E-state index is 9.77. The van der Waals surface area contributed by atoms with Gasteiger partial charge in [0.1, 0.15) is 11.3 Å². The Bertz CT molecular complexity index is 546. The van der Waals surface area contributed by atoms with Crippen LogP contribution < -0.4 is 5.73 Å². The highest BCUT2D eigenvalue weighted by Crippen LogP contribution is 2.21. The monoisotopic (exact) mass is 253 g/mol. The van der Waals surface area contributed by atoms with Crippen LogP contribution in [0.3, 0.4) is 0 Å². The normalized spacial score (nSPS) is 11.8. The Labute approximate surface area is 103 Å². The largest absolute Gasteiger partial charge is 0.397 e. The predicted octanol–water partition coefficient (Wildman–Crippen LogP) is 1.13. The molecule has 0 saturated carbocycles. The van der Waals surface area contributed by atoms with Crippen molar-refractivity contribution in [1.82, 2.24) is 20.0 Å². The van der Waals surface area contributed by atoms with E-state index in [0.29, 0.717) is 22.2 Å². The molecule has 0 saturated heterocycles. The van der Waals surface area contributed by atoms with E-state index in [1.54, 1.807) is 19.9 Å². The number of aromatic nitrogens is 4. The van der Waals surface area contributed by atoms with Gasteiger partial charge >= 0.3 is 0 Å². The first-order chi connectivity index (χ1) is 7.88. The van der Waals surface area contributed by atoms with Crippen molar-refractivity contribution in [3.05, 3.63) is 29.2 Å². The third kappa shape index (κ3) is 2.37. The number of hydrogen-bond acceptors (Lipinski definition) is 5. The van der Waals surface area contributed by atoms with Gasteiger partial charge in [-0.25, -0.2) is 4.98 Å². The van der Waals surface area contributed by atoms with Gasteiger partial charge in [-0.1, -0.05) is 11.6 Å². The molecule has 0 radical (unpaired) electrons. The molecule has 0 unspecified atom stereocenters. The Balaban J connectivity index is 2.44. The molecule has 0 aromatic carbocycles. The van der Waals surface area contributed by atoms with Crippen molar-refractivity contribution in [3.63, 3.8) is 0 Å². The molecule has 7 heteroatoms. The van der Waals surface area contributed by atoms with Crippen LogP contribution in [0.1, 0.15) is 19.5 Å². The summed E-state index contributed by atoms with van der Waals surface area (Å²) < 4.78 is 0. The van der Waals surface area contributed by atoms with Crippen molar-refractivity contribution in [2.24, 2.45) is 0 Å². The van der Waals surface area contributed by atoms with Gasteiger partial charge in [-0.05, 0) is 19.9 Å². The summed E-state index contributed by atoms with van der Waals surface area (Å²) in [5.41, 5.74) is 5.39. The van der Waals surface area contributed by atoms with Gasteiger partial charge in [0, 0.05) is 0 Å². The zero-order valence-corrected chi connectivity index (χ0v) is 10.2. The third-order valence-electron chi connectivity index (χ3n) is 2.15. The van der Waals surface area contributed by atoms with Crippen molar-refractivity contribution >= 4 is 17.3 Å². The summed E-state index contributed by atoms with van der Waals surface area (Å²) in [7, 11) is 0. The molecule has 0 amide bonds. The average molecular weight is 254 g/mol. The lowest BCUT2D eigenvalue weighted by molar-refractivity contribution is 0.0734. The Morgan fingerprint density at radius 2 is 2.12 bits per heavy atom. The summed E-state index contributed by atoms with van der Waals surface area (Å²) in [6, 6.07) is 1.57. The lowest BCUT2D eigenvalue weighted by Crippen LogP contribution is -2.16. The summed E-state index contributed by atoms with van der Waals surface area (Å²) in [5.74, 6) is 0.372. The molecule has 0 bridgehead atoms. The lowest BCUT2D eigenvalue weighted by atomic mass is 10.1. The topological polar surface area (TPSA) is 89.9 Å². The number of anilines is 1. The highest BCUT2D eigenvalue weighted by molar-refractivity contribution is 6.32. The minimum atomic E-state index is -1.06. The molecule has 0 aliphatic carbocycles. The minimum absolute atomic E-state index is 0.350. The standard InChI is InChI=1S/C10H12ClN5O/c1-10(2,17)8-5-14-16(15-8)9-7(11)3-6(12)4-13-9/h3-5,17H,12H2,1-2H3. The molecule has 0 atom stereocenters. The zero-order chi connectivity index (χ0) is 12.6. The number of nitrogens with two attached hydrogens (primary N) is 1. The van der Waals surface area contributed by atoms with Crippen molar-refractivity contribution in [3.8, 4) is 5.82 Å². The molecule has 6 nitrogen and oxygen atoms in total. The Hall–Kier alpha value is -1.66. The molecule has 0 aliphatic rings. The van der Waals surface area contributed by atoms with Crippen LogP contribution in [0.25, 0.3) is 5.82 Å². The third-order valence-corrected chi connectivity index (χ3v) is 2.43. The van der Waals surface area contributed by atoms with E-state index in [0.717, 1.165) is 0 Å². The molecule has 2 aromatic rings. The SMILES string of the molecule is CC(C)(O)c1cnn(-c2ncc(N)cc2Cl)n1. The fraction of sp³-hybridized carbons (Fsp3) is 0.300. The van der Waals surface area contributed by atoms with Crippen molar-refractivity contribution < 1.29 is 5.11 Å². The second-order valence-electron chi connectivity index (χ2n) is 4.15. The second kappa shape index (κ2) is 3.97. The van der Waals surface area contributed by atoms with Gasteiger partial charge < -0.3 is 10.8 Å². The average Bonchev–Trinajstić information content (AvgIpc) is 2.65.